The van der Waals surface area contributed by atoms with Gasteiger partial charge in [0.25, 0.3) is 0 Å². The molecule has 1 aromatic carbocycles. The molecule has 76 valence electrons. The van der Waals surface area contributed by atoms with Crippen molar-refractivity contribution in [2.45, 2.75) is 26.7 Å². The average molecular weight is 304 g/mol. The lowest BCUT2D eigenvalue weighted by molar-refractivity contribution is 0.101. The number of halogens is 1. The first-order chi connectivity index (χ1) is 6.43. The van der Waals surface area contributed by atoms with Gasteiger partial charge in [0.1, 0.15) is 5.75 Å². The third kappa shape index (κ3) is 2.26. The van der Waals surface area contributed by atoms with E-state index in [1.165, 1.54) is 6.92 Å². The summed E-state index contributed by atoms with van der Waals surface area (Å²) >= 11 is 2.15. The quantitative estimate of drug-likeness (QED) is 0.672. The summed E-state index contributed by atoms with van der Waals surface area (Å²) in [6, 6.07) is 3.62. The summed E-state index contributed by atoms with van der Waals surface area (Å²) in [7, 11) is 0. The number of ketones is 1. The second-order valence-corrected chi connectivity index (χ2v) is 4.85. The number of Topliss-reactive ketones (excluding diaryl/α,β-unsaturated/α-hetero) is 1. The molecule has 1 aromatic rings. The van der Waals surface area contributed by atoms with Crippen molar-refractivity contribution in [3.8, 4) is 5.75 Å². The monoisotopic (exact) mass is 304 g/mol. The van der Waals surface area contributed by atoms with Crippen molar-refractivity contribution in [3.63, 3.8) is 0 Å². The van der Waals surface area contributed by atoms with Crippen LogP contribution in [0.3, 0.4) is 0 Å². The summed E-state index contributed by atoms with van der Waals surface area (Å²) < 4.78 is 0.981. The third-order valence-corrected chi connectivity index (χ3v) is 2.73. The summed E-state index contributed by atoms with van der Waals surface area (Å²) in [4.78, 5) is 11.2. The molecule has 0 amide bonds. The molecule has 0 unspecified atom stereocenters. The zero-order valence-corrected chi connectivity index (χ0v) is 10.6. The Kier molecular flexibility index (Phi) is 3.53. The van der Waals surface area contributed by atoms with Crippen LogP contribution in [0, 0.1) is 3.57 Å². The Morgan fingerprint density at radius 1 is 1.43 bits per heavy atom. The molecule has 0 heterocycles. The molecule has 0 fully saturated rings. The fourth-order valence-corrected chi connectivity index (χ4v) is 1.98. The molecule has 1 N–H and O–H groups in total. The van der Waals surface area contributed by atoms with Gasteiger partial charge < -0.3 is 5.11 Å². The fraction of sp³-hybridized carbons (Fsp3) is 0.364. The second-order valence-electron chi connectivity index (χ2n) is 3.60. The highest BCUT2D eigenvalue weighted by Crippen LogP contribution is 2.31. The van der Waals surface area contributed by atoms with Gasteiger partial charge in [-0.3, -0.25) is 4.79 Å². The van der Waals surface area contributed by atoms with E-state index in [-0.39, 0.29) is 17.5 Å². The summed E-state index contributed by atoms with van der Waals surface area (Å²) in [6.07, 6.45) is 0. The van der Waals surface area contributed by atoms with Crippen LogP contribution in [0.4, 0.5) is 0 Å². The maximum Gasteiger partial charge on any atom is 0.163 e. The van der Waals surface area contributed by atoms with E-state index in [0.717, 1.165) is 9.13 Å². The van der Waals surface area contributed by atoms with Gasteiger partial charge >= 0.3 is 0 Å². The number of aromatic hydroxyl groups is 1. The molecule has 0 radical (unpaired) electrons. The molecule has 1 rings (SSSR count). The topological polar surface area (TPSA) is 37.3 Å². The average Bonchev–Trinajstić information content (AvgIpc) is 2.07. The highest BCUT2D eigenvalue weighted by molar-refractivity contribution is 14.1. The highest BCUT2D eigenvalue weighted by atomic mass is 127. The van der Waals surface area contributed by atoms with Crippen LogP contribution in [0.2, 0.25) is 0 Å². The molecule has 0 aliphatic heterocycles. The molecular formula is C11H13IO2. The van der Waals surface area contributed by atoms with Gasteiger partial charge in [-0.25, -0.2) is 0 Å². The molecule has 0 atom stereocenters. The van der Waals surface area contributed by atoms with Gasteiger partial charge in [0, 0.05) is 3.57 Å². The molecule has 2 nitrogen and oxygen atoms in total. The first kappa shape index (κ1) is 11.5. The van der Waals surface area contributed by atoms with E-state index in [1.807, 2.05) is 19.9 Å². The van der Waals surface area contributed by atoms with Crippen LogP contribution in [0.5, 0.6) is 5.75 Å². The van der Waals surface area contributed by atoms with Gasteiger partial charge in [-0.2, -0.15) is 0 Å². The third-order valence-electron chi connectivity index (χ3n) is 2.11. The number of phenols is 1. The van der Waals surface area contributed by atoms with E-state index in [2.05, 4.69) is 22.6 Å². The molecule has 0 aliphatic carbocycles. The van der Waals surface area contributed by atoms with Crippen molar-refractivity contribution in [2.24, 2.45) is 0 Å². The van der Waals surface area contributed by atoms with Gasteiger partial charge in [-0.1, -0.05) is 13.8 Å². The van der Waals surface area contributed by atoms with Crippen molar-refractivity contribution in [3.05, 3.63) is 26.8 Å². The highest BCUT2D eigenvalue weighted by Gasteiger charge is 2.14. The molecule has 0 saturated heterocycles. The lowest BCUT2D eigenvalue weighted by Gasteiger charge is -2.11. The second kappa shape index (κ2) is 4.29. The van der Waals surface area contributed by atoms with Crippen molar-refractivity contribution in [1.82, 2.24) is 0 Å². The van der Waals surface area contributed by atoms with Crippen LogP contribution >= 0.6 is 22.6 Å². The molecule has 0 spiro atoms. The lowest BCUT2D eigenvalue weighted by atomic mass is 9.98. The Hall–Kier alpha value is -0.580. The van der Waals surface area contributed by atoms with Crippen LogP contribution in [0.15, 0.2) is 12.1 Å². The van der Waals surface area contributed by atoms with Crippen LogP contribution in [0.1, 0.15) is 42.6 Å². The SMILES string of the molecule is CC(=O)c1cc(I)cc(C(C)C)c1O. The standard InChI is InChI=1S/C11H13IO2/c1-6(2)9-4-8(12)5-10(7(3)13)11(9)14/h4-6,14H,1-3H3. The Bertz CT molecular complexity index is 370. The predicted octanol–water partition coefficient (Wildman–Crippen LogP) is 3.32. The number of rotatable bonds is 2. The van der Waals surface area contributed by atoms with E-state index in [9.17, 15) is 9.90 Å². The lowest BCUT2D eigenvalue weighted by Crippen LogP contribution is -1.98. The van der Waals surface area contributed by atoms with Crippen LogP contribution in [0.25, 0.3) is 0 Å². The van der Waals surface area contributed by atoms with Gasteiger partial charge in [-0.05, 0) is 53.1 Å². The van der Waals surface area contributed by atoms with E-state index in [0.29, 0.717) is 5.56 Å². The zero-order chi connectivity index (χ0) is 10.9. The fourth-order valence-electron chi connectivity index (χ4n) is 1.33. The minimum atomic E-state index is -0.0945. The zero-order valence-electron chi connectivity index (χ0n) is 8.47. The Labute approximate surface area is 97.5 Å². The van der Waals surface area contributed by atoms with Gasteiger partial charge in [0.2, 0.25) is 0 Å². The Balaban J connectivity index is 3.40. The van der Waals surface area contributed by atoms with Crippen LogP contribution in [-0.2, 0) is 0 Å². The minimum absolute atomic E-state index is 0.0945. The molecule has 0 bridgehead atoms. The Morgan fingerprint density at radius 3 is 2.43 bits per heavy atom. The maximum atomic E-state index is 11.2. The number of hydrogen-bond donors (Lipinski definition) is 1. The number of phenolic OH excluding ortho intramolecular Hbond substituents is 1. The predicted molar refractivity (Wildman–Crippen MR) is 64.9 cm³/mol. The molecule has 14 heavy (non-hydrogen) atoms. The number of carbonyl (C=O) groups excluding carboxylic acids is 1. The van der Waals surface area contributed by atoms with Gasteiger partial charge in [0.05, 0.1) is 5.56 Å². The maximum absolute atomic E-state index is 11.2. The van der Waals surface area contributed by atoms with E-state index in [1.54, 1.807) is 6.07 Å². The van der Waals surface area contributed by atoms with Gasteiger partial charge in [0.15, 0.2) is 5.78 Å². The number of carbonyl (C=O) groups is 1. The molecular weight excluding hydrogens is 291 g/mol. The van der Waals surface area contributed by atoms with E-state index >= 15 is 0 Å². The molecule has 0 saturated carbocycles. The molecule has 3 heteroatoms. The van der Waals surface area contributed by atoms with Gasteiger partial charge in [-0.15, -0.1) is 0 Å². The summed E-state index contributed by atoms with van der Waals surface area (Å²) in [5, 5.41) is 9.83. The number of benzene rings is 1. The first-order valence-corrected chi connectivity index (χ1v) is 5.54. The first-order valence-electron chi connectivity index (χ1n) is 4.46. The Morgan fingerprint density at radius 2 is 2.00 bits per heavy atom. The number of hydrogen-bond acceptors (Lipinski definition) is 2. The largest absolute Gasteiger partial charge is 0.507 e. The summed E-state index contributed by atoms with van der Waals surface area (Å²) in [5.41, 5.74) is 1.25. The normalized spacial score (nSPS) is 10.6. The van der Waals surface area contributed by atoms with E-state index in [4.69, 9.17) is 0 Å². The van der Waals surface area contributed by atoms with Crippen LogP contribution in [-0.4, -0.2) is 10.9 Å². The van der Waals surface area contributed by atoms with Crippen molar-refractivity contribution in [1.29, 1.82) is 0 Å². The van der Waals surface area contributed by atoms with Crippen molar-refractivity contribution < 1.29 is 9.90 Å². The molecule has 0 aliphatic rings. The summed E-state index contributed by atoms with van der Waals surface area (Å²) in [5.74, 6) is 0.263. The summed E-state index contributed by atoms with van der Waals surface area (Å²) in [6.45, 7) is 5.46. The smallest absolute Gasteiger partial charge is 0.163 e. The minimum Gasteiger partial charge on any atom is -0.507 e. The van der Waals surface area contributed by atoms with Crippen molar-refractivity contribution >= 4 is 28.4 Å². The van der Waals surface area contributed by atoms with Crippen LogP contribution < -0.4 is 0 Å². The molecule has 0 aromatic heterocycles. The van der Waals surface area contributed by atoms with Crippen molar-refractivity contribution in [2.75, 3.05) is 0 Å². The van der Waals surface area contributed by atoms with E-state index < -0.39 is 0 Å².